The average Bonchev–Trinajstić information content (AvgIpc) is 2.67. The molecule has 1 aromatic carbocycles. The maximum absolute atomic E-state index is 12.6. The van der Waals surface area contributed by atoms with Gasteiger partial charge in [-0.05, 0) is 23.8 Å². The van der Waals surface area contributed by atoms with Gasteiger partial charge in [0.2, 0.25) is 5.91 Å². The van der Waals surface area contributed by atoms with Crippen molar-refractivity contribution in [3.05, 3.63) is 41.7 Å². The topological polar surface area (TPSA) is 78.5 Å². The Bertz CT molecular complexity index is 554. The zero-order chi connectivity index (χ0) is 13.8. The summed E-state index contributed by atoms with van der Waals surface area (Å²) in [6.45, 7) is -0.213. The van der Waals surface area contributed by atoms with Gasteiger partial charge in [0.25, 0.3) is 5.91 Å². The van der Waals surface area contributed by atoms with Crippen molar-refractivity contribution in [3.63, 3.8) is 0 Å². The van der Waals surface area contributed by atoms with Crippen molar-refractivity contribution in [2.75, 3.05) is 6.54 Å². The molecular weight excluding hydrogens is 253 g/mol. The lowest BCUT2D eigenvalue weighted by molar-refractivity contribution is -0.121. The van der Waals surface area contributed by atoms with Crippen molar-refractivity contribution in [1.82, 2.24) is 15.8 Å². The lowest BCUT2D eigenvalue weighted by Gasteiger charge is -2.12. The smallest absolute Gasteiger partial charge is 0.275 e. The quantitative estimate of drug-likeness (QED) is 0.613. The molecule has 2 rings (SSSR count). The van der Waals surface area contributed by atoms with Crippen LogP contribution in [-0.4, -0.2) is 29.4 Å². The van der Waals surface area contributed by atoms with E-state index in [4.69, 9.17) is 0 Å². The molecule has 0 aliphatic carbocycles. The van der Waals surface area contributed by atoms with Crippen LogP contribution < -0.4 is 10.7 Å². The number of nitrogens with one attached hydrogen (secondary N) is 2. The van der Waals surface area contributed by atoms with E-state index in [9.17, 15) is 18.8 Å². The number of hydrogen-bond acceptors (Lipinski definition) is 3. The van der Waals surface area contributed by atoms with Crippen molar-refractivity contribution >= 4 is 23.9 Å². The molecule has 6 nitrogen and oxygen atoms in total. The van der Waals surface area contributed by atoms with Gasteiger partial charge in [-0.15, -0.1) is 0 Å². The molecule has 1 saturated heterocycles. The van der Waals surface area contributed by atoms with Crippen molar-refractivity contribution < 1.29 is 18.8 Å². The summed E-state index contributed by atoms with van der Waals surface area (Å²) in [7, 11) is 0. The van der Waals surface area contributed by atoms with Crippen LogP contribution >= 0.6 is 0 Å². The fourth-order valence-electron chi connectivity index (χ4n) is 1.45. The van der Waals surface area contributed by atoms with E-state index in [-0.39, 0.29) is 12.4 Å². The maximum Gasteiger partial charge on any atom is 0.343 e. The molecule has 0 radical (unpaired) electrons. The summed E-state index contributed by atoms with van der Waals surface area (Å²) in [5, 5.41) is 2.89. The Kier molecular flexibility index (Phi) is 3.56. The van der Waals surface area contributed by atoms with Crippen LogP contribution in [0.5, 0.6) is 0 Å². The number of carbonyl (C=O) groups excluding carboxylic acids is 3. The fourth-order valence-corrected chi connectivity index (χ4v) is 1.45. The SMILES string of the molecule is O=C(/C=C/c1ccc(F)cc1)NN1CC(=O)NC1=O. The number of hydrogen-bond donors (Lipinski definition) is 2. The van der Waals surface area contributed by atoms with E-state index in [0.29, 0.717) is 5.56 Å². The second kappa shape index (κ2) is 5.30. The third-order valence-electron chi connectivity index (χ3n) is 2.34. The number of carbonyl (C=O) groups is 3. The maximum atomic E-state index is 12.6. The van der Waals surface area contributed by atoms with Crippen molar-refractivity contribution in [2.24, 2.45) is 0 Å². The number of urea groups is 1. The molecule has 0 aromatic heterocycles. The van der Waals surface area contributed by atoms with Gasteiger partial charge >= 0.3 is 6.03 Å². The molecule has 4 amide bonds. The van der Waals surface area contributed by atoms with Crippen molar-refractivity contribution in [2.45, 2.75) is 0 Å². The Hall–Kier alpha value is -2.70. The molecular formula is C12H10FN3O3. The van der Waals surface area contributed by atoms with Crippen molar-refractivity contribution in [3.8, 4) is 0 Å². The zero-order valence-electron chi connectivity index (χ0n) is 9.72. The van der Waals surface area contributed by atoms with Gasteiger partial charge in [-0.1, -0.05) is 12.1 Å². The third-order valence-corrected chi connectivity index (χ3v) is 2.34. The number of nitrogens with zero attached hydrogens (tertiary/aromatic N) is 1. The molecule has 0 spiro atoms. The third kappa shape index (κ3) is 3.38. The molecule has 1 aliphatic heterocycles. The Balaban J connectivity index is 1.92. The molecule has 19 heavy (non-hydrogen) atoms. The van der Waals surface area contributed by atoms with Crippen LogP contribution in [0.2, 0.25) is 0 Å². The standard InChI is InChI=1S/C12H10FN3O3/c13-9-4-1-8(2-5-9)3-6-10(17)15-16-7-11(18)14-12(16)19/h1-6H,7H2,(H,15,17)(H,14,18,19)/b6-3+. The van der Waals surface area contributed by atoms with E-state index >= 15 is 0 Å². The summed E-state index contributed by atoms with van der Waals surface area (Å²) in [5.74, 6) is -1.41. The first-order chi connectivity index (χ1) is 9.04. The van der Waals surface area contributed by atoms with E-state index in [1.165, 1.54) is 36.4 Å². The summed E-state index contributed by atoms with van der Waals surface area (Å²) in [6, 6.07) is 4.87. The highest BCUT2D eigenvalue weighted by molar-refractivity contribution is 6.03. The number of halogens is 1. The summed E-state index contributed by atoms with van der Waals surface area (Å²) in [6.07, 6.45) is 2.65. The molecule has 0 atom stereocenters. The normalized spacial score (nSPS) is 14.9. The predicted octanol–water partition coefficient (Wildman–Crippen LogP) is 0.422. The van der Waals surface area contributed by atoms with Crippen LogP contribution in [0.1, 0.15) is 5.56 Å². The van der Waals surface area contributed by atoms with Gasteiger partial charge in [0, 0.05) is 6.08 Å². The Morgan fingerprint density at radius 2 is 2.00 bits per heavy atom. The lowest BCUT2D eigenvalue weighted by Crippen LogP contribution is -2.43. The van der Waals surface area contributed by atoms with Gasteiger partial charge < -0.3 is 0 Å². The molecule has 2 N–H and O–H groups in total. The van der Waals surface area contributed by atoms with Gasteiger partial charge in [-0.2, -0.15) is 0 Å². The monoisotopic (exact) mass is 263 g/mol. The molecule has 98 valence electrons. The van der Waals surface area contributed by atoms with E-state index in [0.717, 1.165) is 5.01 Å². The highest BCUT2D eigenvalue weighted by Crippen LogP contribution is 2.04. The molecule has 0 bridgehead atoms. The molecule has 1 fully saturated rings. The van der Waals surface area contributed by atoms with Crippen LogP contribution in [0, 0.1) is 5.82 Å². The van der Waals surface area contributed by atoms with Gasteiger partial charge in [-0.3, -0.25) is 20.3 Å². The average molecular weight is 263 g/mol. The number of imide groups is 1. The van der Waals surface area contributed by atoms with E-state index in [1.54, 1.807) is 0 Å². The fraction of sp³-hybridized carbons (Fsp3) is 0.0833. The number of benzene rings is 1. The Morgan fingerprint density at radius 1 is 1.32 bits per heavy atom. The lowest BCUT2D eigenvalue weighted by atomic mass is 10.2. The second-order valence-electron chi connectivity index (χ2n) is 3.80. The molecule has 0 saturated carbocycles. The summed E-state index contributed by atoms with van der Waals surface area (Å²) in [5.41, 5.74) is 2.88. The van der Waals surface area contributed by atoms with Crippen LogP contribution in [0.25, 0.3) is 6.08 Å². The van der Waals surface area contributed by atoms with E-state index in [2.05, 4.69) is 5.43 Å². The number of rotatable bonds is 3. The van der Waals surface area contributed by atoms with Gasteiger partial charge in [-0.25, -0.2) is 14.2 Å². The molecule has 1 heterocycles. The van der Waals surface area contributed by atoms with Gasteiger partial charge in [0.05, 0.1) is 0 Å². The zero-order valence-corrected chi connectivity index (χ0v) is 9.72. The summed E-state index contributed by atoms with van der Waals surface area (Å²) in [4.78, 5) is 33.5. The van der Waals surface area contributed by atoms with Crippen LogP contribution in [-0.2, 0) is 9.59 Å². The first kappa shape index (κ1) is 12.7. The molecule has 1 aromatic rings. The molecule has 0 unspecified atom stereocenters. The van der Waals surface area contributed by atoms with E-state index in [1.807, 2.05) is 5.32 Å². The molecule has 1 aliphatic rings. The number of hydrazine groups is 1. The van der Waals surface area contributed by atoms with Crippen LogP contribution in [0.15, 0.2) is 30.3 Å². The van der Waals surface area contributed by atoms with E-state index < -0.39 is 17.8 Å². The minimum absolute atomic E-state index is 0.213. The molecule has 7 heteroatoms. The van der Waals surface area contributed by atoms with Crippen LogP contribution in [0.4, 0.5) is 9.18 Å². The highest BCUT2D eigenvalue weighted by Gasteiger charge is 2.27. The van der Waals surface area contributed by atoms with Gasteiger partial charge in [0.15, 0.2) is 0 Å². The second-order valence-corrected chi connectivity index (χ2v) is 3.80. The van der Waals surface area contributed by atoms with Gasteiger partial charge in [0.1, 0.15) is 12.4 Å². The predicted molar refractivity (Wildman–Crippen MR) is 63.8 cm³/mol. The highest BCUT2D eigenvalue weighted by atomic mass is 19.1. The first-order valence-electron chi connectivity index (χ1n) is 5.40. The first-order valence-corrected chi connectivity index (χ1v) is 5.40. The summed E-state index contributed by atoms with van der Waals surface area (Å²) >= 11 is 0. The Morgan fingerprint density at radius 3 is 2.58 bits per heavy atom. The largest absolute Gasteiger partial charge is 0.343 e. The number of amides is 4. The van der Waals surface area contributed by atoms with Crippen LogP contribution in [0.3, 0.4) is 0 Å². The minimum Gasteiger partial charge on any atom is -0.275 e. The summed E-state index contributed by atoms with van der Waals surface area (Å²) < 4.78 is 12.6. The van der Waals surface area contributed by atoms with Crippen molar-refractivity contribution in [1.29, 1.82) is 0 Å². The Labute approximate surface area is 107 Å². The minimum atomic E-state index is -0.673.